The van der Waals surface area contributed by atoms with Gasteiger partial charge in [-0.15, -0.1) is 0 Å². The number of imidazole rings is 1. The highest BCUT2D eigenvalue weighted by Gasteiger charge is 2.03. The molecular formula is C15H18N2O4. The zero-order valence-electron chi connectivity index (χ0n) is 11.9. The predicted octanol–water partition coefficient (Wildman–Crippen LogP) is 1.84. The first kappa shape index (κ1) is 14.9. The molecule has 1 aromatic carbocycles. The first-order chi connectivity index (χ1) is 10.1. The van der Waals surface area contributed by atoms with E-state index < -0.39 is 5.97 Å². The second-order valence-corrected chi connectivity index (χ2v) is 4.59. The molecule has 21 heavy (non-hydrogen) atoms. The minimum atomic E-state index is -0.957. The molecular weight excluding hydrogens is 272 g/mol. The van der Waals surface area contributed by atoms with E-state index in [2.05, 4.69) is 0 Å². The number of hydrogen-bond donors (Lipinski definition) is 1. The lowest BCUT2D eigenvalue weighted by atomic mass is 10.2. The third-order valence-electron chi connectivity index (χ3n) is 3.17. The van der Waals surface area contributed by atoms with Crippen molar-refractivity contribution in [2.24, 2.45) is 0 Å². The Morgan fingerprint density at radius 1 is 1.19 bits per heavy atom. The molecule has 2 rings (SSSR count). The molecule has 1 aromatic heterocycles. The molecule has 2 aromatic rings. The van der Waals surface area contributed by atoms with Crippen LogP contribution in [0, 0.1) is 0 Å². The van der Waals surface area contributed by atoms with Crippen molar-refractivity contribution < 1.29 is 14.6 Å². The molecule has 1 N–H and O–H groups in total. The highest BCUT2D eigenvalue weighted by atomic mass is 16.5. The van der Waals surface area contributed by atoms with Crippen molar-refractivity contribution in [3.05, 3.63) is 52.7 Å². The van der Waals surface area contributed by atoms with Crippen LogP contribution in [0.15, 0.2) is 41.5 Å². The monoisotopic (exact) mass is 290 g/mol. The fourth-order valence-electron chi connectivity index (χ4n) is 1.98. The van der Waals surface area contributed by atoms with Gasteiger partial charge in [-0.05, 0) is 37.6 Å². The summed E-state index contributed by atoms with van der Waals surface area (Å²) in [6, 6.07) is 6.26. The lowest BCUT2D eigenvalue weighted by Crippen LogP contribution is -2.24. The number of aryl methyl sites for hydroxylation is 2. The fourth-order valence-corrected chi connectivity index (χ4v) is 1.98. The average Bonchev–Trinajstić information content (AvgIpc) is 2.84. The van der Waals surface area contributed by atoms with E-state index in [1.165, 1.54) is 12.1 Å². The Morgan fingerprint density at radius 3 is 2.43 bits per heavy atom. The van der Waals surface area contributed by atoms with Gasteiger partial charge in [0.15, 0.2) is 0 Å². The summed E-state index contributed by atoms with van der Waals surface area (Å²) in [4.78, 5) is 22.5. The van der Waals surface area contributed by atoms with Crippen LogP contribution in [0.2, 0.25) is 0 Å². The van der Waals surface area contributed by atoms with Crippen molar-refractivity contribution >= 4 is 5.97 Å². The van der Waals surface area contributed by atoms with E-state index in [0.29, 0.717) is 31.9 Å². The van der Waals surface area contributed by atoms with Gasteiger partial charge in [0.1, 0.15) is 5.75 Å². The molecule has 0 saturated carbocycles. The maximum Gasteiger partial charge on any atom is 0.335 e. The largest absolute Gasteiger partial charge is 0.494 e. The van der Waals surface area contributed by atoms with Crippen LogP contribution < -0.4 is 10.4 Å². The van der Waals surface area contributed by atoms with Crippen LogP contribution in [-0.2, 0) is 13.1 Å². The number of hydrogen-bond acceptors (Lipinski definition) is 3. The number of carbonyl (C=O) groups is 1. The topological polar surface area (TPSA) is 73.5 Å². The number of aromatic carboxylic acids is 1. The van der Waals surface area contributed by atoms with Gasteiger partial charge < -0.3 is 9.84 Å². The minimum absolute atomic E-state index is 0.0108. The maximum absolute atomic E-state index is 11.8. The summed E-state index contributed by atoms with van der Waals surface area (Å²) in [6.07, 6.45) is 4.25. The van der Waals surface area contributed by atoms with Crippen molar-refractivity contribution in [2.75, 3.05) is 6.61 Å². The number of carboxylic acid groups (broad SMARTS) is 1. The summed E-state index contributed by atoms with van der Waals surface area (Å²) in [5.74, 6) is -0.333. The van der Waals surface area contributed by atoms with Gasteiger partial charge >= 0.3 is 11.7 Å². The first-order valence-electron chi connectivity index (χ1n) is 6.83. The molecule has 0 aliphatic heterocycles. The third-order valence-corrected chi connectivity index (χ3v) is 3.17. The molecule has 0 radical (unpaired) electrons. The third kappa shape index (κ3) is 3.75. The molecule has 1 heterocycles. The van der Waals surface area contributed by atoms with Gasteiger partial charge in [-0.25, -0.2) is 9.59 Å². The number of benzene rings is 1. The van der Waals surface area contributed by atoms with Gasteiger partial charge in [-0.2, -0.15) is 0 Å². The van der Waals surface area contributed by atoms with E-state index in [4.69, 9.17) is 9.84 Å². The van der Waals surface area contributed by atoms with Crippen LogP contribution in [0.3, 0.4) is 0 Å². The minimum Gasteiger partial charge on any atom is -0.494 e. The van der Waals surface area contributed by atoms with Crippen molar-refractivity contribution in [3.63, 3.8) is 0 Å². The molecule has 112 valence electrons. The van der Waals surface area contributed by atoms with Crippen LogP contribution >= 0.6 is 0 Å². The summed E-state index contributed by atoms with van der Waals surface area (Å²) in [6.45, 7) is 3.66. The second-order valence-electron chi connectivity index (χ2n) is 4.59. The van der Waals surface area contributed by atoms with Crippen LogP contribution in [-0.4, -0.2) is 26.8 Å². The Kier molecular flexibility index (Phi) is 4.81. The highest BCUT2D eigenvalue weighted by molar-refractivity contribution is 5.87. The number of rotatable bonds is 7. The molecule has 0 saturated heterocycles. The van der Waals surface area contributed by atoms with Crippen molar-refractivity contribution in [1.29, 1.82) is 0 Å². The number of nitrogens with zero attached hydrogens (tertiary/aromatic N) is 2. The number of aromatic nitrogens is 2. The van der Waals surface area contributed by atoms with E-state index >= 15 is 0 Å². The normalized spacial score (nSPS) is 10.5. The maximum atomic E-state index is 11.8. The van der Waals surface area contributed by atoms with Gasteiger partial charge in [-0.3, -0.25) is 9.13 Å². The van der Waals surface area contributed by atoms with Gasteiger partial charge in [0.2, 0.25) is 0 Å². The number of ether oxygens (including phenoxy) is 1. The van der Waals surface area contributed by atoms with Crippen LogP contribution in [0.5, 0.6) is 5.75 Å². The predicted molar refractivity (Wildman–Crippen MR) is 77.9 cm³/mol. The molecule has 6 nitrogen and oxygen atoms in total. The summed E-state index contributed by atoms with van der Waals surface area (Å²) in [5.41, 5.74) is 0.220. The Bertz CT molecular complexity index is 655. The van der Waals surface area contributed by atoms with Gasteiger partial charge in [0.25, 0.3) is 0 Å². The molecule has 0 aliphatic carbocycles. The average molecular weight is 290 g/mol. The zero-order valence-corrected chi connectivity index (χ0v) is 11.9. The molecule has 6 heteroatoms. The van der Waals surface area contributed by atoms with Crippen molar-refractivity contribution in [3.8, 4) is 5.75 Å². The van der Waals surface area contributed by atoms with Crippen molar-refractivity contribution in [1.82, 2.24) is 9.13 Å². The summed E-state index contributed by atoms with van der Waals surface area (Å²) in [7, 11) is 0. The van der Waals surface area contributed by atoms with Gasteiger partial charge in [-0.1, -0.05) is 0 Å². The summed E-state index contributed by atoms with van der Waals surface area (Å²) in [5, 5.41) is 8.79. The molecule has 0 unspecified atom stereocenters. The zero-order chi connectivity index (χ0) is 15.2. The van der Waals surface area contributed by atoms with Crippen LogP contribution in [0.4, 0.5) is 0 Å². The highest BCUT2D eigenvalue weighted by Crippen LogP contribution is 2.12. The smallest absolute Gasteiger partial charge is 0.335 e. The van der Waals surface area contributed by atoms with E-state index in [1.807, 2.05) is 6.92 Å². The van der Waals surface area contributed by atoms with Gasteiger partial charge in [0, 0.05) is 25.5 Å². The van der Waals surface area contributed by atoms with E-state index in [0.717, 1.165) is 0 Å². The quantitative estimate of drug-likeness (QED) is 0.790. The Balaban J connectivity index is 1.80. The molecule has 0 bridgehead atoms. The first-order valence-corrected chi connectivity index (χ1v) is 6.83. The van der Waals surface area contributed by atoms with Gasteiger partial charge in [0.05, 0.1) is 12.2 Å². The van der Waals surface area contributed by atoms with E-state index in [1.54, 1.807) is 33.7 Å². The molecule has 0 amide bonds. The molecule has 0 fully saturated rings. The molecule has 0 aliphatic rings. The Labute approximate surface area is 122 Å². The standard InChI is InChI=1S/C15H18N2O4/c1-2-16-9-10-17(15(16)20)8-3-11-21-13-6-4-12(5-7-13)14(18)19/h4-7,9-10H,2-3,8,11H2,1H3,(H,18,19). The second kappa shape index (κ2) is 6.78. The molecule has 0 spiro atoms. The number of carboxylic acids is 1. The summed E-state index contributed by atoms with van der Waals surface area (Å²) < 4.78 is 8.82. The van der Waals surface area contributed by atoms with E-state index in [9.17, 15) is 9.59 Å². The molecule has 0 atom stereocenters. The lowest BCUT2D eigenvalue weighted by molar-refractivity contribution is 0.0697. The fraction of sp³-hybridized carbons (Fsp3) is 0.333. The lowest BCUT2D eigenvalue weighted by Gasteiger charge is -2.06. The van der Waals surface area contributed by atoms with Crippen molar-refractivity contribution in [2.45, 2.75) is 26.4 Å². The SMILES string of the molecule is CCn1ccn(CCCOc2ccc(C(=O)O)cc2)c1=O. The van der Waals surface area contributed by atoms with E-state index in [-0.39, 0.29) is 11.3 Å². The summed E-state index contributed by atoms with van der Waals surface area (Å²) >= 11 is 0. The Morgan fingerprint density at radius 2 is 1.86 bits per heavy atom. The van der Waals surface area contributed by atoms with Crippen LogP contribution in [0.1, 0.15) is 23.7 Å². The Hall–Kier alpha value is -2.50. The van der Waals surface area contributed by atoms with Crippen LogP contribution in [0.25, 0.3) is 0 Å².